The number of benzene rings is 1. The molecule has 2 aromatic rings. The maximum atomic E-state index is 10.0. The summed E-state index contributed by atoms with van der Waals surface area (Å²) in [7, 11) is 0. The van der Waals surface area contributed by atoms with Gasteiger partial charge in [-0.15, -0.1) is 10.2 Å². The largest absolute Gasteiger partial charge is 0.492 e. The summed E-state index contributed by atoms with van der Waals surface area (Å²) in [5.74, 6) is 5.65. The zero-order valence-corrected chi connectivity index (χ0v) is 12.3. The Morgan fingerprint density at radius 1 is 1.35 bits per heavy atom. The van der Waals surface area contributed by atoms with E-state index in [-0.39, 0.29) is 5.88 Å². The Bertz CT molecular complexity index is 660. The van der Waals surface area contributed by atoms with Crippen LogP contribution >= 0.6 is 12.2 Å². The molecule has 6 nitrogen and oxygen atoms in total. The Morgan fingerprint density at radius 2 is 2.00 bits per heavy atom. The van der Waals surface area contributed by atoms with E-state index in [0.717, 1.165) is 18.5 Å². The molecular weight excluding hydrogens is 274 g/mol. The molecule has 0 saturated carbocycles. The number of aromatic hydroxyl groups is 1. The van der Waals surface area contributed by atoms with Crippen LogP contribution in [0.2, 0.25) is 0 Å². The Balaban J connectivity index is 2.39. The van der Waals surface area contributed by atoms with E-state index in [0.29, 0.717) is 16.3 Å². The van der Waals surface area contributed by atoms with Crippen molar-refractivity contribution < 1.29 is 5.11 Å². The lowest BCUT2D eigenvalue weighted by atomic mass is 10.2. The van der Waals surface area contributed by atoms with Crippen LogP contribution in [-0.4, -0.2) is 32.9 Å². The van der Waals surface area contributed by atoms with Gasteiger partial charge in [-0.05, 0) is 32.1 Å². The van der Waals surface area contributed by atoms with E-state index < -0.39 is 0 Å². The van der Waals surface area contributed by atoms with Gasteiger partial charge in [-0.2, -0.15) is 0 Å². The van der Waals surface area contributed by atoms with Crippen LogP contribution in [0, 0.1) is 0 Å². The van der Waals surface area contributed by atoms with E-state index in [4.69, 9.17) is 18.1 Å². The zero-order chi connectivity index (χ0) is 14.7. The van der Waals surface area contributed by atoms with Gasteiger partial charge in [0.15, 0.2) is 5.69 Å². The van der Waals surface area contributed by atoms with Crippen LogP contribution in [0.1, 0.15) is 13.8 Å². The number of para-hydroxylation sites is 1. The van der Waals surface area contributed by atoms with Crippen molar-refractivity contribution in [2.45, 2.75) is 13.8 Å². The molecule has 0 spiro atoms. The van der Waals surface area contributed by atoms with Gasteiger partial charge in [-0.3, -0.25) is 0 Å². The maximum absolute atomic E-state index is 10.0. The first kappa shape index (κ1) is 14.3. The molecule has 0 amide bonds. The highest BCUT2D eigenvalue weighted by Crippen LogP contribution is 2.36. The third kappa shape index (κ3) is 2.44. The predicted octanol–water partition coefficient (Wildman–Crippen LogP) is 2.77. The molecule has 20 heavy (non-hydrogen) atoms. The SMILES string of the molecule is CCN(CC)C(=S)N=Nc1c(O)n(N)c2ccccc12. The smallest absolute Gasteiger partial charge is 0.239 e. The van der Waals surface area contributed by atoms with Crippen molar-refractivity contribution in [1.29, 1.82) is 0 Å². The van der Waals surface area contributed by atoms with Crippen molar-refractivity contribution in [3.63, 3.8) is 0 Å². The van der Waals surface area contributed by atoms with E-state index >= 15 is 0 Å². The summed E-state index contributed by atoms with van der Waals surface area (Å²) in [6.07, 6.45) is 0. The third-order valence-electron chi connectivity index (χ3n) is 3.13. The second-order valence-electron chi connectivity index (χ2n) is 4.21. The second-order valence-corrected chi connectivity index (χ2v) is 4.58. The number of rotatable bonds is 3. The molecule has 106 valence electrons. The van der Waals surface area contributed by atoms with Gasteiger partial charge in [0.1, 0.15) is 0 Å². The summed E-state index contributed by atoms with van der Waals surface area (Å²) in [5, 5.41) is 19.2. The molecular formula is C13H17N5OS. The van der Waals surface area contributed by atoms with E-state index in [2.05, 4.69) is 10.2 Å². The van der Waals surface area contributed by atoms with Crippen LogP contribution in [0.4, 0.5) is 5.69 Å². The molecule has 0 bridgehead atoms. The molecule has 0 unspecified atom stereocenters. The van der Waals surface area contributed by atoms with Gasteiger partial charge in [0.05, 0.1) is 5.52 Å². The predicted molar refractivity (Wildman–Crippen MR) is 83.8 cm³/mol. The minimum absolute atomic E-state index is 0.128. The number of fused-ring (bicyclic) bond motifs is 1. The van der Waals surface area contributed by atoms with Crippen LogP contribution in [-0.2, 0) is 0 Å². The van der Waals surface area contributed by atoms with Gasteiger partial charge in [0.25, 0.3) is 0 Å². The van der Waals surface area contributed by atoms with Crippen molar-refractivity contribution in [2.24, 2.45) is 10.2 Å². The average molecular weight is 291 g/mol. The summed E-state index contributed by atoms with van der Waals surface area (Å²) in [5.41, 5.74) is 1.02. The highest BCUT2D eigenvalue weighted by Gasteiger charge is 2.14. The minimum Gasteiger partial charge on any atom is -0.492 e. The normalized spacial score (nSPS) is 11.3. The van der Waals surface area contributed by atoms with Crippen LogP contribution < -0.4 is 5.84 Å². The van der Waals surface area contributed by atoms with E-state index in [1.54, 1.807) is 6.07 Å². The van der Waals surface area contributed by atoms with Gasteiger partial charge < -0.3 is 15.8 Å². The number of thiocarbonyl (C=S) groups is 1. The van der Waals surface area contributed by atoms with E-state index in [9.17, 15) is 5.11 Å². The standard InChI is InChI=1S/C13H17N5OS/c1-3-17(4-2)13(20)16-15-11-9-7-5-6-8-10(9)18(14)12(11)19/h5-8,19H,3-4,14H2,1-2H3. The van der Waals surface area contributed by atoms with Crippen molar-refractivity contribution in [1.82, 2.24) is 9.58 Å². The number of aromatic nitrogens is 1. The average Bonchev–Trinajstić information content (AvgIpc) is 2.71. The van der Waals surface area contributed by atoms with Gasteiger partial charge in [-0.1, -0.05) is 18.2 Å². The lowest BCUT2D eigenvalue weighted by Crippen LogP contribution is -2.27. The fourth-order valence-electron chi connectivity index (χ4n) is 1.98. The Labute approximate surface area is 122 Å². The molecule has 1 aromatic heterocycles. The quantitative estimate of drug-likeness (QED) is 0.518. The topological polar surface area (TPSA) is 79.1 Å². The lowest BCUT2D eigenvalue weighted by Gasteiger charge is -2.16. The number of azo groups is 1. The summed E-state index contributed by atoms with van der Waals surface area (Å²) < 4.78 is 1.18. The third-order valence-corrected chi connectivity index (χ3v) is 3.47. The maximum Gasteiger partial charge on any atom is 0.239 e. The highest BCUT2D eigenvalue weighted by molar-refractivity contribution is 7.80. The molecule has 0 radical (unpaired) electrons. The van der Waals surface area contributed by atoms with Gasteiger partial charge >= 0.3 is 0 Å². The Morgan fingerprint density at radius 3 is 2.65 bits per heavy atom. The van der Waals surface area contributed by atoms with Crippen molar-refractivity contribution in [2.75, 3.05) is 18.9 Å². The zero-order valence-electron chi connectivity index (χ0n) is 11.4. The van der Waals surface area contributed by atoms with E-state index in [1.807, 2.05) is 36.9 Å². The first-order chi connectivity index (χ1) is 9.60. The monoisotopic (exact) mass is 291 g/mol. The van der Waals surface area contributed by atoms with Crippen LogP contribution in [0.25, 0.3) is 10.9 Å². The number of nitrogen functional groups attached to an aromatic ring is 1. The van der Waals surface area contributed by atoms with Crippen LogP contribution in [0.15, 0.2) is 34.5 Å². The summed E-state index contributed by atoms with van der Waals surface area (Å²) >= 11 is 5.19. The first-order valence-electron chi connectivity index (χ1n) is 6.38. The highest BCUT2D eigenvalue weighted by atomic mass is 32.1. The summed E-state index contributed by atoms with van der Waals surface area (Å²) in [6, 6.07) is 7.32. The second kappa shape index (κ2) is 5.87. The molecule has 0 aliphatic carbocycles. The number of hydrogen-bond acceptors (Lipinski definition) is 4. The molecule has 0 aliphatic rings. The van der Waals surface area contributed by atoms with Gasteiger partial charge in [-0.25, -0.2) is 4.68 Å². The van der Waals surface area contributed by atoms with Crippen molar-refractivity contribution in [3.8, 4) is 5.88 Å². The van der Waals surface area contributed by atoms with Crippen molar-refractivity contribution >= 4 is 33.9 Å². The molecule has 0 atom stereocenters. The summed E-state index contributed by atoms with van der Waals surface area (Å²) in [4.78, 5) is 1.90. The fourth-order valence-corrected chi connectivity index (χ4v) is 2.28. The molecule has 3 N–H and O–H groups in total. The van der Waals surface area contributed by atoms with Gasteiger partial charge in [0.2, 0.25) is 11.0 Å². The van der Waals surface area contributed by atoms with E-state index in [1.165, 1.54) is 4.68 Å². The molecule has 0 aliphatic heterocycles. The van der Waals surface area contributed by atoms with Crippen LogP contribution in [0.5, 0.6) is 5.88 Å². The Kier molecular flexibility index (Phi) is 4.19. The molecule has 2 rings (SSSR count). The number of nitrogens with two attached hydrogens (primary N) is 1. The molecule has 0 saturated heterocycles. The first-order valence-corrected chi connectivity index (χ1v) is 6.79. The molecule has 7 heteroatoms. The fraction of sp³-hybridized carbons (Fsp3) is 0.308. The van der Waals surface area contributed by atoms with Gasteiger partial charge in [0, 0.05) is 18.5 Å². The Hall–Kier alpha value is -2.15. The number of hydrogen-bond donors (Lipinski definition) is 2. The minimum atomic E-state index is -0.128. The van der Waals surface area contributed by atoms with Crippen molar-refractivity contribution in [3.05, 3.63) is 24.3 Å². The molecule has 0 fully saturated rings. The molecule has 1 aromatic carbocycles. The summed E-state index contributed by atoms with van der Waals surface area (Å²) in [6.45, 7) is 5.51. The van der Waals surface area contributed by atoms with Crippen LogP contribution in [0.3, 0.4) is 0 Å². The number of nitrogens with zero attached hydrogens (tertiary/aromatic N) is 4. The lowest BCUT2D eigenvalue weighted by molar-refractivity contribution is 0.441. The molecule has 1 heterocycles.